The molecule has 0 radical (unpaired) electrons. The molecule has 122 valence electrons. The third-order valence-electron chi connectivity index (χ3n) is 3.92. The van der Waals surface area contributed by atoms with Gasteiger partial charge in [-0.15, -0.1) is 0 Å². The monoisotopic (exact) mass is 317 g/mol. The van der Waals surface area contributed by atoms with Crippen molar-refractivity contribution < 1.29 is 14.5 Å². The molecule has 1 fully saturated rings. The highest BCUT2D eigenvalue weighted by Gasteiger charge is 2.25. The molecule has 1 aromatic carbocycles. The van der Waals surface area contributed by atoms with Gasteiger partial charge in [0, 0.05) is 44.3 Å². The molecule has 1 aliphatic rings. The van der Waals surface area contributed by atoms with Crippen LogP contribution in [0.5, 0.6) is 0 Å². The largest absolute Gasteiger partial charge is 0.359 e. The van der Waals surface area contributed by atoms with Crippen LogP contribution in [0.2, 0.25) is 0 Å². The number of carbonyl (C=O) groups excluding carboxylic acids is 2. The molecule has 2 rings (SSSR count). The van der Waals surface area contributed by atoms with Crippen LogP contribution in [0.15, 0.2) is 30.3 Å². The number of piperidine rings is 1. The van der Waals surface area contributed by atoms with E-state index in [2.05, 4.69) is 5.32 Å². The van der Waals surface area contributed by atoms with E-state index >= 15 is 0 Å². The summed E-state index contributed by atoms with van der Waals surface area (Å²) in [4.78, 5) is 35.6. The number of carbonyl (C=O) groups is 2. The Morgan fingerprint density at radius 2 is 2.04 bits per heavy atom. The number of hydrogen-bond acceptors (Lipinski definition) is 4. The molecule has 1 heterocycles. The van der Waals surface area contributed by atoms with E-state index in [1.54, 1.807) is 30.2 Å². The molecule has 1 saturated heterocycles. The van der Waals surface area contributed by atoms with E-state index in [1.807, 2.05) is 0 Å². The summed E-state index contributed by atoms with van der Waals surface area (Å²) in [6.45, 7) is 1.08. The molecular weight excluding hydrogens is 298 g/mol. The first-order valence-electron chi connectivity index (χ1n) is 7.44. The van der Waals surface area contributed by atoms with Crippen LogP contribution in [0, 0.1) is 16.0 Å². The third kappa shape index (κ3) is 4.38. The Hall–Kier alpha value is -2.70. The summed E-state index contributed by atoms with van der Waals surface area (Å²) < 4.78 is 0. The Morgan fingerprint density at radius 1 is 1.35 bits per heavy atom. The van der Waals surface area contributed by atoms with Crippen LogP contribution in [0.3, 0.4) is 0 Å². The number of hydrogen-bond donors (Lipinski definition) is 1. The van der Waals surface area contributed by atoms with E-state index in [9.17, 15) is 19.7 Å². The molecule has 1 N–H and O–H groups in total. The first-order chi connectivity index (χ1) is 11.0. The zero-order valence-electron chi connectivity index (χ0n) is 12.9. The predicted molar refractivity (Wildman–Crippen MR) is 85.5 cm³/mol. The highest BCUT2D eigenvalue weighted by atomic mass is 16.6. The Bertz CT molecular complexity index is 634. The van der Waals surface area contributed by atoms with Gasteiger partial charge in [0.1, 0.15) is 0 Å². The molecule has 23 heavy (non-hydrogen) atoms. The first kappa shape index (κ1) is 16.7. The van der Waals surface area contributed by atoms with Crippen molar-refractivity contribution in [2.45, 2.75) is 12.8 Å². The Labute approximate surface area is 134 Å². The van der Waals surface area contributed by atoms with E-state index in [4.69, 9.17) is 0 Å². The van der Waals surface area contributed by atoms with Crippen molar-refractivity contribution in [1.82, 2.24) is 10.2 Å². The number of nitrogens with one attached hydrogen (secondary N) is 1. The van der Waals surface area contributed by atoms with Gasteiger partial charge >= 0.3 is 0 Å². The summed E-state index contributed by atoms with van der Waals surface area (Å²) in [6, 6.07) is 6.11. The fraction of sp³-hybridized carbons (Fsp3) is 0.375. The predicted octanol–water partition coefficient (Wildman–Crippen LogP) is 1.59. The van der Waals surface area contributed by atoms with Gasteiger partial charge in [0.25, 0.3) is 5.69 Å². The van der Waals surface area contributed by atoms with E-state index < -0.39 is 4.92 Å². The average molecular weight is 317 g/mol. The van der Waals surface area contributed by atoms with Crippen molar-refractivity contribution in [2.75, 3.05) is 20.1 Å². The molecule has 0 aromatic heterocycles. The van der Waals surface area contributed by atoms with Gasteiger partial charge in [0.15, 0.2) is 0 Å². The van der Waals surface area contributed by atoms with Gasteiger partial charge in [0.05, 0.1) is 4.92 Å². The topological polar surface area (TPSA) is 92.6 Å². The van der Waals surface area contributed by atoms with Crippen molar-refractivity contribution in [1.29, 1.82) is 0 Å². The summed E-state index contributed by atoms with van der Waals surface area (Å²) in [6.07, 6.45) is 4.28. The zero-order valence-corrected chi connectivity index (χ0v) is 12.9. The summed E-state index contributed by atoms with van der Waals surface area (Å²) >= 11 is 0. The van der Waals surface area contributed by atoms with Gasteiger partial charge in [-0.3, -0.25) is 19.7 Å². The summed E-state index contributed by atoms with van der Waals surface area (Å²) in [5.74, 6) is -0.166. The molecule has 0 atom stereocenters. The summed E-state index contributed by atoms with van der Waals surface area (Å²) in [5.41, 5.74) is 0.596. The second-order valence-electron chi connectivity index (χ2n) is 5.40. The van der Waals surface area contributed by atoms with Crippen LogP contribution in [0.25, 0.3) is 6.08 Å². The summed E-state index contributed by atoms with van der Waals surface area (Å²) in [7, 11) is 1.61. The van der Waals surface area contributed by atoms with E-state index in [0.29, 0.717) is 31.5 Å². The Morgan fingerprint density at radius 3 is 2.65 bits per heavy atom. The van der Waals surface area contributed by atoms with Crippen molar-refractivity contribution in [2.24, 2.45) is 5.92 Å². The molecule has 0 unspecified atom stereocenters. The van der Waals surface area contributed by atoms with Gasteiger partial charge in [-0.05, 0) is 24.5 Å². The number of non-ortho nitro benzene ring substituents is 1. The number of benzene rings is 1. The van der Waals surface area contributed by atoms with Crippen LogP contribution in [0.4, 0.5) is 5.69 Å². The molecule has 7 nitrogen and oxygen atoms in total. The smallest absolute Gasteiger partial charge is 0.270 e. The quantitative estimate of drug-likeness (QED) is 0.518. The lowest BCUT2D eigenvalue weighted by Gasteiger charge is -2.30. The SMILES string of the molecule is CNC(=O)C1CCN(C(=O)C=Cc2cccc([N+](=O)[O-])c2)CC1. The van der Waals surface area contributed by atoms with Gasteiger partial charge in [0.2, 0.25) is 11.8 Å². The number of likely N-dealkylation sites (tertiary alicyclic amines) is 1. The molecule has 0 aliphatic carbocycles. The maximum absolute atomic E-state index is 12.1. The average Bonchev–Trinajstić information content (AvgIpc) is 2.59. The van der Waals surface area contributed by atoms with Gasteiger partial charge in [-0.2, -0.15) is 0 Å². The summed E-state index contributed by atoms with van der Waals surface area (Å²) in [5, 5.41) is 13.4. The zero-order chi connectivity index (χ0) is 16.8. The number of nitro groups is 1. The molecule has 1 aromatic rings. The molecule has 0 saturated carbocycles. The Kier molecular flexibility index (Phi) is 5.46. The van der Waals surface area contributed by atoms with Gasteiger partial charge in [-0.1, -0.05) is 12.1 Å². The lowest BCUT2D eigenvalue weighted by Crippen LogP contribution is -2.41. The van der Waals surface area contributed by atoms with Crippen LogP contribution >= 0.6 is 0 Å². The highest BCUT2D eigenvalue weighted by Crippen LogP contribution is 2.18. The fourth-order valence-electron chi connectivity index (χ4n) is 2.58. The minimum Gasteiger partial charge on any atom is -0.359 e. The van der Waals surface area contributed by atoms with Crippen LogP contribution in [-0.2, 0) is 9.59 Å². The minimum absolute atomic E-state index is 0.00834. The lowest BCUT2D eigenvalue weighted by molar-refractivity contribution is -0.384. The normalized spacial score (nSPS) is 15.6. The number of nitro benzene ring substituents is 1. The molecule has 1 aliphatic heterocycles. The van der Waals surface area contributed by atoms with Crippen LogP contribution < -0.4 is 5.32 Å². The molecular formula is C16H19N3O4. The third-order valence-corrected chi connectivity index (χ3v) is 3.92. The highest BCUT2D eigenvalue weighted by molar-refractivity contribution is 5.92. The van der Waals surface area contributed by atoms with E-state index in [0.717, 1.165) is 0 Å². The van der Waals surface area contributed by atoms with E-state index in [1.165, 1.54) is 18.2 Å². The number of rotatable bonds is 4. The maximum atomic E-state index is 12.1. The van der Waals surface area contributed by atoms with Crippen molar-refractivity contribution in [3.8, 4) is 0 Å². The maximum Gasteiger partial charge on any atom is 0.270 e. The van der Waals surface area contributed by atoms with Crippen LogP contribution in [-0.4, -0.2) is 41.8 Å². The minimum atomic E-state index is -0.470. The fourth-order valence-corrected chi connectivity index (χ4v) is 2.58. The molecule has 7 heteroatoms. The second-order valence-corrected chi connectivity index (χ2v) is 5.40. The van der Waals surface area contributed by atoms with E-state index in [-0.39, 0.29) is 23.4 Å². The Balaban J connectivity index is 1.93. The first-order valence-corrected chi connectivity index (χ1v) is 7.44. The lowest BCUT2D eigenvalue weighted by atomic mass is 9.96. The van der Waals surface area contributed by atoms with Crippen LogP contribution in [0.1, 0.15) is 18.4 Å². The van der Waals surface area contributed by atoms with Crippen molar-refractivity contribution in [3.05, 3.63) is 46.0 Å². The molecule has 0 spiro atoms. The standard InChI is InChI=1S/C16H19N3O4/c1-17-16(21)13-7-9-18(10-8-13)15(20)6-5-12-3-2-4-14(11-12)19(22)23/h2-6,11,13H,7-10H2,1H3,(H,17,21). The van der Waals surface area contributed by atoms with Crippen molar-refractivity contribution in [3.63, 3.8) is 0 Å². The second kappa shape index (κ2) is 7.53. The van der Waals surface area contributed by atoms with Gasteiger partial charge in [-0.25, -0.2) is 0 Å². The molecule has 0 bridgehead atoms. The van der Waals surface area contributed by atoms with Gasteiger partial charge < -0.3 is 10.2 Å². The van der Waals surface area contributed by atoms with Crippen molar-refractivity contribution >= 4 is 23.6 Å². The number of amides is 2. The number of nitrogens with zero attached hydrogens (tertiary/aromatic N) is 2. The molecule has 2 amide bonds.